The fraction of sp³-hybridized carbons (Fsp3) is 0.286. The minimum atomic E-state index is -0.243. The van der Waals surface area contributed by atoms with E-state index in [4.69, 9.17) is 27.9 Å². The van der Waals surface area contributed by atoms with E-state index in [-0.39, 0.29) is 31.0 Å². The van der Waals surface area contributed by atoms with Gasteiger partial charge in [0.1, 0.15) is 18.4 Å². The van der Waals surface area contributed by atoms with Gasteiger partial charge in [0, 0.05) is 21.2 Å². The second kappa shape index (κ2) is 10.9. The molecule has 186 valence electrons. The Morgan fingerprint density at radius 2 is 1.67 bits per heavy atom. The molecule has 2 amide bonds. The first-order chi connectivity index (χ1) is 17.5. The molecule has 2 heterocycles. The number of nitrogens with one attached hydrogen (secondary N) is 1. The molecule has 0 atom stereocenters. The Balaban J connectivity index is 1.37. The van der Waals surface area contributed by atoms with Gasteiger partial charge < -0.3 is 19.9 Å². The van der Waals surface area contributed by atoms with Crippen LogP contribution < -0.4 is 15.0 Å². The van der Waals surface area contributed by atoms with Crippen LogP contribution in [0.5, 0.6) is 5.75 Å². The number of benzene rings is 3. The average molecular weight is 524 g/mol. The molecular formula is C28H27Cl2N3O3. The van der Waals surface area contributed by atoms with Crippen molar-refractivity contribution in [3.05, 3.63) is 93.5 Å². The molecule has 1 fully saturated rings. The summed E-state index contributed by atoms with van der Waals surface area (Å²) in [7, 11) is 0. The molecule has 0 aromatic heterocycles. The molecule has 1 N–H and O–H groups in total. The zero-order valence-electron chi connectivity index (χ0n) is 19.8. The predicted molar refractivity (Wildman–Crippen MR) is 142 cm³/mol. The second-order valence-corrected chi connectivity index (χ2v) is 9.94. The Labute approximate surface area is 220 Å². The van der Waals surface area contributed by atoms with E-state index in [2.05, 4.69) is 5.32 Å². The number of anilines is 1. The van der Waals surface area contributed by atoms with Crippen LogP contribution in [0.4, 0.5) is 5.69 Å². The van der Waals surface area contributed by atoms with E-state index in [1.54, 1.807) is 35.2 Å². The first-order valence-electron chi connectivity index (χ1n) is 12.1. The summed E-state index contributed by atoms with van der Waals surface area (Å²) in [6.45, 7) is 2.49. The monoisotopic (exact) mass is 523 g/mol. The van der Waals surface area contributed by atoms with E-state index in [1.165, 1.54) is 4.90 Å². The van der Waals surface area contributed by atoms with Gasteiger partial charge in [0.25, 0.3) is 5.91 Å². The molecule has 5 rings (SSSR count). The van der Waals surface area contributed by atoms with Crippen molar-refractivity contribution in [1.82, 2.24) is 10.2 Å². The van der Waals surface area contributed by atoms with Crippen LogP contribution in [-0.4, -0.2) is 42.5 Å². The lowest BCUT2D eigenvalue weighted by atomic mass is 10.1. The predicted octanol–water partition coefficient (Wildman–Crippen LogP) is 5.31. The number of hydrogen-bond acceptors (Lipinski definition) is 4. The molecule has 0 saturated carbocycles. The number of carbonyl (C=O) groups excluding carboxylic acids is 2. The molecule has 0 spiro atoms. The van der Waals surface area contributed by atoms with E-state index < -0.39 is 0 Å². The van der Waals surface area contributed by atoms with Gasteiger partial charge in [0.05, 0.1) is 18.8 Å². The second-order valence-electron chi connectivity index (χ2n) is 9.10. The van der Waals surface area contributed by atoms with Crippen LogP contribution in [0.2, 0.25) is 10.0 Å². The maximum atomic E-state index is 13.5. The van der Waals surface area contributed by atoms with E-state index in [0.717, 1.165) is 42.8 Å². The van der Waals surface area contributed by atoms with Crippen LogP contribution in [0.3, 0.4) is 0 Å². The molecule has 3 aromatic rings. The third kappa shape index (κ3) is 5.51. The molecule has 0 unspecified atom stereocenters. The lowest BCUT2D eigenvalue weighted by Crippen LogP contribution is -2.39. The van der Waals surface area contributed by atoms with Gasteiger partial charge in [-0.3, -0.25) is 9.59 Å². The Bertz CT molecular complexity index is 1240. The summed E-state index contributed by atoms with van der Waals surface area (Å²) in [6, 6.07) is 20.0. The van der Waals surface area contributed by atoms with Crippen LogP contribution >= 0.6 is 23.2 Å². The number of amides is 2. The minimum Gasteiger partial charge on any atom is -0.490 e. The number of fused-ring (bicyclic) bond motifs is 1. The number of piperidine rings is 1. The summed E-state index contributed by atoms with van der Waals surface area (Å²) in [5.74, 6) is 0.413. The third-order valence-electron chi connectivity index (χ3n) is 6.59. The molecule has 36 heavy (non-hydrogen) atoms. The van der Waals surface area contributed by atoms with E-state index in [9.17, 15) is 9.59 Å². The van der Waals surface area contributed by atoms with Crippen molar-refractivity contribution in [3.63, 3.8) is 0 Å². The quantitative estimate of drug-likeness (QED) is 0.492. The summed E-state index contributed by atoms with van der Waals surface area (Å²) < 4.78 is 6.11. The van der Waals surface area contributed by atoms with Crippen LogP contribution in [0.15, 0.2) is 66.7 Å². The van der Waals surface area contributed by atoms with Crippen molar-refractivity contribution in [1.29, 1.82) is 0 Å². The normalized spacial score (nSPS) is 16.4. The largest absolute Gasteiger partial charge is 0.490 e. The fourth-order valence-electron chi connectivity index (χ4n) is 4.64. The molecule has 0 aliphatic carbocycles. The molecule has 3 aromatic carbocycles. The highest BCUT2D eigenvalue weighted by Crippen LogP contribution is 2.33. The molecule has 6 nitrogen and oxygen atoms in total. The molecule has 2 aliphatic heterocycles. The Morgan fingerprint density at radius 3 is 2.39 bits per heavy atom. The van der Waals surface area contributed by atoms with Gasteiger partial charge in [-0.1, -0.05) is 41.4 Å². The van der Waals surface area contributed by atoms with Crippen LogP contribution in [0.1, 0.15) is 34.3 Å². The first kappa shape index (κ1) is 24.6. The van der Waals surface area contributed by atoms with E-state index in [1.807, 2.05) is 36.4 Å². The van der Waals surface area contributed by atoms with Crippen LogP contribution in [0, 0.1) is 0 Å². The minimum absolute atomic E-state index is 0.0522. The maximum absolute atomic E-state index is 13.5. The highest BCUT2D eigenvalue weighted by atomic mass is 35.5. The Morgan fingerprint density at radius 1 is 0.944 bits per heavy atom. The SMILES string of the molecule is O=C(c1ccc(Cl)cc1)N1CC(=O)N(Cc2ccc(OC3CCNCC3)cc2)c2cccc(Cl)c2C1. The number of halogens is 2. The van der Waals surface area contributed by atoms with Gasteiger partial charge in [-0.25, -0.2) is 0 Å². The Hall–Kier alpha value is -3.06. The van der Waals surface area contributed by atoms with Gasteiger partial charge in [-0.05, 0) is 80.0 Å². The lowest BCUT2D eigenvalue weighted by molar-refractivity contribution is -0.119. The molecule has 2 aliphatic rings. The third-order valence-corrected chi connectivity index (χ3v) is 7.20. The first-order valence-corrected chi connectivity index (χ1v) is 12.8. The summed E-state index contributed by atoms with van der Waals surface area (Å²) in [6.07, 6.45) is 2.21. The van der Waals surface area contributed by atoms with Crippen molar-refractivity contribution in [2.75, 3.05) is 24.5 Å². The summed E-state index contributed by atoms with van der Waals surface area (Å²) >= 11 is 12.5. The van der Waals surface area contributed by atoms with E-state index >= 15 is 0 Å². The zero-order valence-corrected chi connectivity index (χ0v) is 21.3. The van der Waals surface area contributed by atoms with Gasteiger partial charge >= 0.3 is 0 Å². The van der Waals surface area contributed by atoms with Crippen molar-refractivity contribution in [2.24, 2.45) is 0 Å². The molecule has 1 saturated heterocycles. The number of hydrogen-bond donors (Lipinski definition) is 1. The topological polar surface area (TPSA) is 61.9 Å². The zero-order chi connectivity index (χ0) is 25.1. The van der Waals surface area contributed by atoms with Gasteiger partial charge in [-0.2, -0.15) is 0 Å². The van der Waals surface area contributed by atoms with Gasteiger partial charge in [0.15, 0.2) is 0 Å². The molecule has 0 radical (unpaired) electrons. The Kier molecular flexibility index (Phi) is 7.46. The molecule has 8 heteroatoms. The summed E-state index contributed by atoms with van der Waals surface area (Å²) in [5.41, 5.74) is 2.90. The van der Waals surface area contributed by atoms with Crippen LogP contribution in [-0.2, 0) is 17.9 Å². The van der Waals surface area contributed by atoms with Gasteiger partial charge in [0.2, 0.25) is 5.91 Å². The number of nitrogens with zero attached hydrogens (tertiary/aromatic N) is 2. The molecule has 0 bridgehead atoms. The highest BCUT2D eigenvalue weighted by Gasteiger charge is 2.30. The maximum Gasteiger partial charge on any atom is 0.254 e. The lowest BCUT2D eigenvalue weighted by Gasteiger charge is -2.25. The van der Waals surface area contributed by atoms with Crippen molar-refractivity contribution < 1.29 is 14.3 Å². The van der Waals surface area contributed by atoms with E-state index in [0.29, 0.717) is 27.8 Å². The average Bonchev–Trinajstić information content (AvgIpc) is 3.03. The fourth-order valence-corrected chi connectivity index (χ4v) is 5.00. The smallest absolute Gasteiger partial charge is 0.254 e. The van der Waals surface area contributed by atoms with Crippen LogP contribution in [0.25, 0.3) is 0 Å². The van der Waals surface area contributed by atoms with Crippen molar-refractivity contribution in [2.45, 2.75) is 32.0 Å². The summed E-state index contributed by atoms with van der Waals surface area (Å²) in [4.78, 5) is 29.9. The molecular weight excluding hydrogens is 497 g/mol. The van der Waals surface area contributed by atoms with Gasteiger partial charge in [-0.15, -0.1) is 0 Å². The summed E-state index contributed by atoms with van der Waals surface area (Å²) in [5, 5.41) is 4.41. The highest BCUT2D eigenvalue weighted by molar-refractivity contribution is 6.32. The number of ether oxygens (including phenoxy) is 1. The number of rotatable bonds is 5. The standard InChI is InChI=1S/C28H27Cl2N3O3/c29-21-8-6-20(7-9-21)28(35)32-17-24-25(30)2-1-3-26(24)33(27(34)18-32)16-19-4-10-22(11-5-19)36-23-12-14-31-15-13-23/h1-11,23,31H,12-18H2. The number of carbonyl (C=O) groups is 2. The van der Waals surface area contributed by atoms with Crippen molar-refractivity contribution in [3.8, 4) is 5.75 Å². The van der Waals surface area contributed by atoms with Crippen molar-refractivity contribution >= 4 is 40.7 Å².